The second kappa shape index (κ2) is 8.05. The number of amides is 2. The summed E-state index contributed by atoms with van der Waals surface area (Å²) in [5.74, 6) is 1.60. The molecule has 0 radical (unpaired) electrons. The second-order valence-corrected chi connectivity index (χ2v) is 6.34. The SMILES string of the molecule is Cc1nc(CNC(=O)C[C@H]2C(=O)NCCN2CCC(C)C)n[nH]1. The summed E-state index contributed by atoms with van der Waals surface area (Å²) >= 11 is 0. The fraction of sp³-hybridized carbons (Fsp3) is 0.733. The van der Waals surface area contributed by atoms with Gasteiger partial charge in [0.2, 0.25) is 11.8 Å². The zero-order chi connectivity index (χ0) is 16.8. The van der Waals surface area contributed by atoms with E-state index in [9.17, 15) is 9.59 Å². The van der Waals surface area contributed by atoms with Gasteiger partial charge in [-0.15, -0.1) is 0 Å². The Balaban J connectivity index is 1.86. The van der Waals surface area contributed by atoms with Crippen molar-refractivity contribution in [1.29, 1.82) is 0 Å². The van der Waals surface area contributed by atoms with Crippen LogP contribution >= 0.6 is 0 Å². The van der Waals surface area contributed by atoms with Crippen molar-refractivity contribution in [3.05, 3.63) is 11.6 Å². The van der Waals surface area contributed by atoms with Gasteiger partial charge in [-0.1, -0.05) is 13.8 Å². The van der Waals surface area contributed by atoms with E-state index in [0.717, 1.165) is 19.5 Å². The molecule has 2 amide bonds. The van der Waals surface area contributed by atoms with Crippen LogP contribution in [0.15, 0.2) is 0 Å². The van der Waals surface area contributed by atoms with Gasteiger partial charge in [-0.25, -0.2) is 4.98 Å². The van der Waals surface area contributed by atoms with Crippen molar-refractivity contribution in [2.75, 3.05) is 19.6 Å². The second-order valence-electron chi connectivity index (χ2n) is 6.34. The molecule has 8 nitrogen and oxygen atoms in total. The molecule has 1 fully saturated rings. The molecule has 0 aliphatic carbocycles. The van der Waals surface area contributed by atoms with Crippen molar-refractivity contribution in [3.63, 3.8) is 0 Å². The largest absolute Gasteiger partial charge is 0.353 e. The zero-order valence-corrected chi connectivity index (χ0v) is 14.1. The number of H-pyrrole nitrogens is 1. The first kappa shape index (κ1) is 17.4. The number of piperazine rings is 1. The quantitative estimate of drug-likeness (QED) is 0.654. The lowest BCUT2D eigenvalue weighted by Gasteiger charge is -2.35. The minimum Gasteiger partial charge on any atom is -0.353 e. The predicted octanol–water partition coefficient (Wildman–Crippen LogP) is -0.0341. The average molecular weight is 322 g/mol. The molecule has 0 unspecified atom stereocenters. The average Bonchev–Trinajstić information content (AvgIpc) is 2.91. The number of carbonyl (C=O) groups is 2. The number of hydrogen-bond donors (Lipinski definition) is 3. The minimum absolute atomic E-state index is 0.0658. The molecule has 1 aromatic heterocycles. The van der Waals surface area contributed by atoms with Crippen LogP contribution in [-0.4, -0.2) is 57.6 Å². The Labute approximate surface area is 136 Å². The lowest BCUT2D eigenvalue weighted by molar-refractivity contribution is -0.134. The summed E-state index contributed by atoms with van der Waals surface area (Å²) in [6, 6.07) is -0.392. The fourth-order valence-corrected chi connectivity index (χ4v) is 2.57. The number of nitrogens with zero attached hydrogens (tertiary/aromatic N) is 3. The van der Waals surface area contributed by atoms with E-state index in [1.165, 1.54) is 0 Å². The molecular formula is C15H26N6O2. The zero-order valence-electron chi connectivity index (χ0n) is 14.1. The van der Waals surface area contributed by atoms with Crippen LogP contribution in [0.1, 0.15) is 38.3 Å². The number of aryl methyl sites for hydroxylation is 1. The molecule has 1 aliphatic rings. The van der Waals surface area contributed by atoms with Crippen molar-refractivity contribution in [2.45, 2.75) is 46.2 Å². The molecule has 1 aliphatic heterocycles. The maximum atomic E-state index is 12.1. The third-order valence-electron chi connectivity index (χ3n) is 3.90. The topological polar surface area (TPSA) is 103 Å². The van der Waals surface area contributed by atoms with E-state index in [1.807, 2.05) is 0 Å². The van der Waals surface area contributed by atoms with Crippen molar-refractivity contribution in [3.8, 4) is 0 Å². The van der Waals surface area contributed by atoms with Crippen LogP contribution in [-0.2, 0) is 16.1 Å². The van der Waals surface area contributed by atoms with Crippen LogP contribution < -0.4 is 10.6 Å². The summed E-state index contributed by atoms with van der Waals surface area (Å²) in [7, 11) is 0. The van der Waals surface area contributed by atoms with Crippen LogP contribution in [0.25, 0.3) is 0 Å². The van der Waals surface area contributed by atoms with Gasteiger partial charge in [0.1, 0.15) is 5.82 Å². The number of rotatable bonds is 7. The summed E-state index contributed by atoms with van der Waals surface area (Å²) < 4.78 is 0. The summed E-state index contributed by atoms with van der Waals surface area (Å²) in [4.78, 5) is 30.5. The van der Waals surface area contributed by atoms with Gasteiger partial charge >= 0.3 is 0 Å². The van der Waals surface area contributed by atoms with E-state index in [4.69, 9.17) is 0 Å². The fourth-order valence-electron chi connectivity index (χ4n) is 2.57. The van der Waals surface area contributed by atoms with Crippen molar-refractivity contribution in [2.24, 2.45) is 5.92 Å². The summed E-state index contributed by atoms with van der Waals surface area (Å²) in [5.41, 5.74) is 0. The first-order valence-electron chi connectivity index (χ1n) is 8.12. The molecule has 3 N–H and O–H groups in total. The monoisotopic (exact) mass is 322 g/mol. The molecule has 0 bridgehead atoms. The Hall–Kier alpha value is -1.96. The van der Waals surface area contributed by atoms with Gasteiger partial charge in [0.15, 0.2) is 5.82 Å². The highest BCUT2D eigenvalue weighted by molar-refractivity contribution is 5.88. The summed E-state index contributed by atoms with van der Waals surface area (Å²) in [6.45, 7) is 8.65. The molecule has 0 spiro atoms. The molecule has 2 heterocycles. The Morgan fingerprint density at radius 1 is 1.48 bits per heavy atom. The molecule has 8 heteroatoms. The predicted molar refractivity (Wildman–Crippen MR) is 85.4 cm³/mol. The number of carbonyl (C=O) groups excluding carboxylic acids is 2. The lowest BCUT2D eigenvalue weighted by atomic mass is 10.1. The first-order chi connectivity index (χ1) is 11.0. The molecule has 0 aromatic carbocycles. The molecule has 1 atom stereocenters. The maximum absolute atomic E-state index is 12.1. The van der Waals surface area contributed by atoms with Gasteiger partial charge < -0.3 is 10.6 Å². The molecular weight excluding hydrogens is 296 g/mol. The molecule has 23 heavy (non-hydrogen) atoms. The van der Waals surface area contributed by atoms with E-state index >= 15 is 0 Å². The molecule has 1 saturated heterocycles. The van der Waals surface area contributed by atoms with Gasteiger partial charge in [-0.3, -0.25) is 19.6 Å². The number of aromatic amines is 1. The van der Waals surface area contributed by atoms with Crippen LogP contribution in [0.3, 0.4) is 0 Å². The van der Waals surface area contributed by atoms with E-state index in [-0.39, 0.29) is 24.8 Å². The minimum atomic E-state index is -0.392. The third kappa shape index (κ3) is 5.31. The highest BCUT2D eigenvalue weighted by Crippen LogP contribution is 2.12. The van der Waals surface area contributed by atoms with E-state index < -0.39 is 6.04 Å². The van der Waals surface area contributed by atoms with E-state index in [2.05, 4.69) is 44.6 Å². The Kier molecular flexibility index (Phi) is 6.09. The summed E-state index contributed by atoms with van der Waals surface area (Å²) in [5, 5.41) is 12.3. The van der Waals surface area contributed by atoms with Gasteiger partial charge in [0, 0.05) is 13.1 Å². The molecule has 1 aromatic rings. The number of nitrogens with one attached hydrogen (secondary N) is 3. The molecule has 2 rings (SSSR count). The Morgan fingerprint density at radius 2 is 2.26 bits per heavy atom. The lowest BCUT2D eigenvalue weighted by Crippen LogP contribution is -2.56. The van der Waals surface area contributed by atoms with Gasteiger partial charge in [-0.05, 0) is 25.8 Å². The van der Waals surface area contributed by atoms with E-state index in [1.54, 1.807) is 6.92 Å². The highest BCUT2D eigenvalue weighted by Gasteiger charge is 2.31. The Morgan fingerprint density at radius 3 is 2.91 bits per heavy atom. The maximum Gasteiger partial charge on any atom is 0.237 e. The summed E-state index contributed by atoms with van der Waals surface area (Å²) in [6.07, 6.45) is 1.18. The first-order valence-corrected chi connectivity index (χ1v) is 8.12. The normalized spacial score (nSPS) is 19.0. The van der Waals surface area contributed by atoms with Gasteiger partial charge in [-0.2, -0.15) is 5.10 Å². The van der Waals surface area contributed by atoms with Crippen molar-refractivity contribution in [1.82, 2.24) is 30.7 Å². The van der Waals surface area contributed by atoms with Crippen molar-refractivity contribution < 1.29 is 9.59 Å². The number of hydrogen-bond acceptors (Lipinski definition) is 5. The van der Waals surface area contributed by atoms with E-state index in [0.29, 0.717) is 24.1 Å². The van der Waals surface area contributed by atoms with Crippen LogP contribution in [0.2, 0.25) is 0 Å². The third-order valence-corrected chi connectivity index (χ3v) is 3.90. The Bertz CT molecular complexity index is 542. The smallest absolute Gasteiger partial charge is 0.237 e. The molecule has 128 valence electrons. The van der Waals surface area contributed by atoms with Gasteiger partial charge in [0.05, 0.1) is 19.0 Å². The highest BCUT2D eigenvalue weighted by atomic mass is 16.2. The van der Waals surface area contributed by atoms with Crippen LogP contribution in [0.5, 0.6) is 0 Å². The molecule has 0 saturated carbocycles. The standard InChI is InChI=1S/C15H26N6O2/c1-10(2)4-6-21-7-5-16-15(23)12(21)8-14(22)17-9-13-18-11(3)19-20-13/h10,12H,4-9H2,1-3H3,(H,16,23)(H,17,22)(H,18,19,20)/t12-/m0/s1. The number of aromatic nitrogens is 3. The van der Waals surface area contributed by atoms with Gasteiger partial charge in [0.25, 0.3) is 0 Å². The van der Waals surface area contributed by atoms with Crippen LogP contribution in [0.4, 0.5) is 0 Å². The van der Waals surface area contributed by atoms with Crippen molar-refractivity contribution >= 4 is 11.8 Å². The van der Waals surface area contributed by atoms with Crippen LogP contribution in [0, 0.1) is 12.8 Å².